The Hall–Kier alpha value is -2.60. The van der Waals surface area contributed by atoms with Crippen molar-refractivity contribution in [2.24, 2.45) is 0 Å². The molecule has 0 saturated carbocycles. The van der Waals surface area contributed by atoms with Gasteiger partial charge < -0.3 is 10.1 Å². The van der Waals surface area contributed by atoms with E-state index in [1.807, 2.05) is 37.3 Å². The van der Waals surface area contributed by atoms with Gasteiger partial charge in [0.25, 0.3) is 5.91 Å². The molecule has 4 nitrogen and oxygen atoms in total. The average molecular weight is 382 g/mol. The summed E-state index contributed by atoms with van der Waals surface area (Å²) in [5.74, 6) is 1.08. The smallest absolute Gasteiger partial charge is 0.253 e. The van der Waals surface area contributed by atoms with E-state index in [1.54, 1.807) is 13.2 Å². The van der Waals surface area contributed by atoms with Crippen LogP contribution >= 0.6 is 11.8 Å². The Labute approximate surface area is 161 Å². The van der Waals surface area contributed by atoms with Crippen molar-refractivity contribution in [3.63, 3.8) is 0 Å². The second kappa shape index (κ2) is 7.19. The monoisotopic (exact) mass is 382 g/mol. The third-order valence-electron chi connectivity index (χ3n) is 4.79. The van der Waals surface area contributed by atoms with Gasteiger partial charge in [-0.3, -0.25) is 9.78 Å². The van der Waals surface area contributed by atoms with Crippen molar-refractivity contribution in [1.82, 2.24) is 10.3 Å². The minimum absolute atomic E-state index is 0.190. The number of aryl methyl sites for hydroxylation is 1. The number of hydrogen-bond donors (Lipinski definition) is 1. The number of nitrogens with one attached hydrogen (secondary N) is 1. The summed E-state index contributed by atoms with van der Waals surface area (Å²) < 4.78 is 19.3. The maximum absolute atomic E-state index is 14.1. The van der Waals surface area contributed by atoms with Crippen LogP contribution in [0.25, 0.3) is 10.9 Å². The predicted molar refractivity (Wildman–Crippen MR) is 105 cm³/mol. The predicted octanol–water partition coefficient (Wildman–Crippen LogP) is 4.66. The van der Waals surface area contributed by atoms with Crippen molar-refractivity contribution < 1.29 is 13.9 Å². The fourth-order valence-corrected chi connectivity index (χ4v) is 4.51. The van der Waals surface area contributed by atoms with Crippen LogP contribution in [0.15, 0.2) is 47.4 Å². The Morgan fingerprint density at radius 3 is 2.96 bits per heavy atom. The summed E-state index contributed by atoms with van der Waals surface area (Å²) in [5, 5.41) is 3.94. The standard InChI is InChI=1S/C21H19FN2O2S/c1-12-16(10-13-6-7-14(26-2)11-19(13)23-12)21(25)24-18-8-9-27-20-15(18)4-3-5-17(20)22/h3-7,10-11,18H,8-9H2,1-2H3,(H,24,25). The normalized spacial score (nSPS) is 16.0. The van der Waals surface area contributed by atoms with Gasteiger partial charge in [-0.15, -0.1) is 11.8 Å². The number of benzene rings is 2. The molecule has 1 unspecified atom stereocenters. The molecule has 1 aromatic heterocycles. The van der Waals surface area contributed by atoms with Crippen LogP contribution in [0.4, 0.5) is 4.39 Å². The molecule has 1 aliphatic heterocycles. The Morgan fingerprint density at radius 2 is 2.15 bits per heavy atom. The SMILES string of the molecule is COc1ccc2cc(C(=O)NC3CCSc4c(F)cccc43)c(C)nc2c1. The third kappa shape index (κ3) is 3.37. The molecule has 1 N–H and O–H groups in total. The van der Waals surface area contributed by atoms with E-state index in [9.17, 15) is 9.18 Å². The summed E-state index contributed by atoms with van der Waals surface area (Å²) in [6.07, 6.45) is 0.768. The zero-order valence-corrected chi connectivity index (χ0v) is 15.9. The van der Waals surface area contributed by atoms with Gasteiger partial charge in [-0.25, -0.2) is 4.39 Å². The molecule has 2 heterocycles. The number of ether oxygens (including phenoxy) is 1. The number of rotatable bonds is 3. The molecule has 138 valence electrons. The molecular formula is C21H19FN2O2S. The fraction of sp³-hybridized carbons (Fsp3) is 0.238. The quantitative estimate of drug-likeness (QED) is 0.716. The van der Waals surface area contributed by atoms with E-state index in [0.29, 0.717) is 16.2 Å². The Bertz CT molecular complexity index is 1040. The zero-order chi connectivity index (χ0) is 19.0. The first-order chi connectivity index (χ1) is 13.1. The largest absolute Gasteiger partial charge is 0.497 e. The number of carbonyl (C=O) groups excluding carboxylic acids is 1. The van der Waals surface area contributed by atoms with E-state index in [2.05, 4.69) is 10.3 Å². The maximum atomic E-state index is 14.1. The van der Waals surface area contributed by atoms with Crippen LogP contribution in [0.1, 0.15) is 34.1 Å². The van der Waals surface area contributed by atoms with Crippen molar-refractivity contribution in [1.29, 1.82) is 0 Å². The average Bonchev–Trinajstić information content (AvgIpc) is 2.67. The van der Waals surface area contributed by atoms with Crippen LogP contribution in [0.2, 0.25) is 0 Å². The lowest BCUT2D eigenvalue weighted by Gasteiger charge is -2.26. The first-order valence-corrected chi connectivity index (χ1v) is 9.73. The second-order valence-electron chi connectivity index (χ2n) is 6.50. The summed E-state index contributed by atoms with van der Waals surface area (Å²) in [4.78, 5) is 18.1. The van der Waals surface area contributed by atoms with Crippen LogP contribution in [0.5, 0.6) is 5.75 Å². The first kappa shape index (κ1) is 17.8. The molecule has 1 amide bonds. The number of thioether (sulfide) groups is 1. The zero-order valence-electron chi connectivity index (χ0n) is 15.1. The molecule has 4 rings (SSSR count). The summed E-state index contributed by atoms with van der Waals surface area (Å²) in [7, 11) is 1.61. The molecule has 0 spiro atoms. The van der Waals surface area contributed by atoms with Crippen molar-refractivity contribution in [2.45, 2.75) is 24.3 Å². The van der Waals surface area contributed by atoms with Crippen molar-refractivity contribution >= 4 is 28.6 Å². The number of fused-ring (bicyclic) bond motifs is 2. The lowest BCUT2D eigenvalue weighted by molar-refractivity contribution is 0.0934. The number of amides is 1. The molecule has 0 fully saturated rings. The molecular weight excluding hydrogens is 363 g/mol. The summed E-state index contributed by atoms with van der Waals surface area (Å²) in [6, 6.07) is 12.3. The minimum atomic E-state index is -0.228. The van der Waals surface area contributed by atoms with Gasteiger partial charge >= 0.3 is 0 Å². The van der Waals surface area contributed by atoms with Crippen LogP contribution in [-0.2, 0) is 0 Å². The number of aromatic nitrogens is 1. The Morgan fingerprint density at radius 1 is 1.30 bits per heavy atom. The third-order valence-corrected chi connectivity index (χ3v) is 5.95. The van der Waals surface area contributed by atoms with E-state index in [4.69, 9.17) is 4.74 Å². The van der Waals surface area contributed by atoms with E-state index in [-0.39, 0.29) is 17.8 Å². The fourth-order valence-electron chi connectivity index (χ4n) is 3.37. The van der Waals surface area contributed by atoms with Crippen LogP contribution in [0, 0.1) is 12.7 Å². The van der Waals surface area contributed by atoms with Crippen LogP contribution in [0.3, 0.4) is 0 Å². The van der Waals surface area contributed by atoms with Gasteiger partial charge in [0.05, 0.1) is 29.9 Å². The maximum Gasteiger partial charge on any atom is 0.253 e. The van der Waals surface area contributed by atoms with Crippen molar-refractivity contribution in [3.8, 4) is 5.75 Å². The molecule has 1 atom stereocenters. The van der Waals surface area contributed by atoms with Gasteiger partial charge in [-0.2, -0.15) is 0 Å². The topological polar surface area (TPSA) is 51.2 Å². The second-order valence-corrected chi connectivity index (χ2v) is 7.61. The molecule has 0 bridgehead atoms. The number of hydrogen-bond acceptors (Lipinski definition) is 4. The summed E-state index contributed by atoms with van der Waals surface area (Å²) >= 11 is 1.50. The number of methoxy groups -OCH3 is 1. The molecule has 3 aromatic rings. The first-order valence-electron chi connectivity index (χ1n) is 8.74. The molecule has 27 heavy (non-hydrogen) atoms. The summed E-state index contributed by atoms with van der Waals surface area (Å²) in [5.41, 5.74) is 2.81. The van der Waals surface area contributed by atoms with Gasteiger partial charge in [0, 0.05) is 22.1 Å². The highest BCUT2D eigenvalue weighted by Gasteiger charge is 2.25. The number of halogens is 1. The van der Waals surface area contributed by atoms with E-state index in [0.717, 1.165) is 34.4 Å². The van der Waals surface area contributed by atoms with E-state index in [1.165, 1.54) is 17.8 Å². The van der Waals surface area contributed by atoms with Gasteiger partial charge in [0.15, 0.2) is 0 Å². The lowest BCUT2D eigenvalue weighted by Crippen LogP contribution is -2.31. The summed E-state index contributed by atoms with van der Waals surface area (Å²) in [6.45, 7) is 1.82. The molecule has 6 heteroatoms. The molecule has 1 aliphatic rings. The van der Waals surface area contributed by atoms with Crippen molar-refractivity contribution in [2.75, 3.05) is 12.9 Å². The number of pyridine rings is 1. The van der Waals surface area contributed by atoms with Crippen LogP contribution in [-0.4, -0.2) is 23.8 Å². The molecule has 0 aliphatic carbocycles. The highest BCUT2D eigenvalue weighted by atomic mass is 32.2. The minimum Gasteiger partial charge on any atom is -0.497 e. The van der Waals surface area contributed by atoms with Gasteiger partial charge in [-0.1, -0.05) is 12.1 Å². The molecule has 2 aromatic carbocycles. The molecule has 0 saturated heterocycles. The Kier molecular flexibility index (Phi) is 4.74. The highest BCUT2D eigenvalue weighted by molar-refractivity contribution is 7.99. The van der Waals surface area contributed by atoms with Gasteiger partial charge in [-0.05, 0) is 43.2 Å². The number of nitrogens with zero attached hydrogens (tertiary/aromatic N) is 1. The van der Waals surface area contributed by atoms with Crippen LogP contribution < -0.4 is 10.1 Å². The lowest BCUT2D eigenvalue weighted by atomic mass is 10.0. The van der Waals surface area contributed by atoms with Crippen molar-refractivity contribution in [3.05, 3.63) is 65.1 Å². The van der Waals surface area contributed by atoms with E-state index >= 15 is 0 Å². The Balaban J connectivity index is 1.64. The number of carbonyl (C=O) groups is 1. The van der Waals surface area contributed by atoms with Gasteiger partial charge in [0.1, 0.15) is 11.6 Å². The highest BCUT2D eigenvalue weighted by Crippen LogP contribution is 2.38. The van der Waals surface area contributed by atoms with Gasteiger partial charge in [0.2, 0.25) is 0 Å². The molecule has 0 radical (unpaired) electrons. The van der Waals surface area contributed by atoms with E-state index < -0.39 is 0 Å².